The zero-order chi connectivity index (χ0) is 15.2. The van der Waals surface area contributed by atoms with Crippen LogP contribution in [0.25, 0.3) is 0 Å². The number of nitrogens with two attached hydrogens (primary N) is 1. The fourth-order valence-corrected chi connectivity index (χ4v) is 7.09. The second-order valence-corrected chi connectivity index (χ2v) is 8.11. The van der Waals surface area contributed by atoms with Crippen molar-refractivity contribution in [3.8, 4) is 0 Å². The van der Waals surface area contributed by atoms with E-state index in [-0.39, 0.29) is 16.7 Å². The van der Waals surface area contributed by atoms with Crippen LogP contribution in [0, 0.1) is 22.7 Å². The summed E-state index contributed by atoms with van der Waals surface area (Å²) in [6, 6.07) is 10.9. The standard InChI is InChI=1S/C20H23NO/c1-2-6-14-15-9-18(17(21)22)11-19(13-7-4-3-5-8-13)10-16(14)20(15,19)12-18/h3-8,15-16H,2,9-12H2,1H3,(H2,21,22)/b14-6-. The Kier molecular flexibility index (Phi) is 2.15. The number of rotatable bonds is 3. The van der Waals surface area contributed by atoms with Gasteiger partial charge in [0.15, 0.2) is 0 Å². The quantitative estimate of drug-likeness (QED) is 0.851. The molecule has 0 aliphatic heterocycles. The predicted octanol–water partition coefficient (Wildman–Crippen LogP) is 3.57. The lowest BCUT2D eigenvalue weighted by atomic mass is 9.29. The van der Waals surface area contributed by atoms with E-state index in [1.54, 1.807) is 5.57 Å². The van der Waals surface area contributed by atoms with Crippen LogP contribution in [0.5, 0.6) is 0 Å². The Hall–Kier alpha value is -1.57. The molecule has 1 aromatic carbocycles. The molecule has 5 unspecified atom stereocenters. The smallest absolute Gasteiger partial charge is 0.223 e. The topological polar surface area (TPSA) is 43.1 Å². The molecule has 5 atom stereocenters. The van der Waals surface area contributed by atoms with E-state index in [0.29, 0.717) is 11.3 Å². The summed E-state index contributed by atoms with van der Waals surface area (Å²) in [5, 5.41) is 0. The largest absolute Gasteiger partial charge is 0.369 e. The van der Waals surface area contributed by atoms with Crippen molar-refractivity contribution in [3.05, 3.63) is 47.5 Å². The van der Waals surface area contributed by atoms with Crippen LogP contribution >= 0.6 is 0 Å². The summed E-state index contributed by atoms with van der Waals surface area (Å²) in [6.45, 7) is 2.22. The van der Waals surface area contributed by atoms with Crippen LogP contribution in [0.1, 0.15) is 44.6 Å². The van der Waals surface area contributed by atoms with Crippen molar-refractivity contribution in [1.82, 2.24) is 0 Å². The van der Waals surface area contributed by atoms with Crippen molar-refractivity contribution in [2.45, 2.75) is 44.4 Å². The highest BCUT2D eigenvalue weighted by atomic mass is 16.1. The van der Waals surface area contributed by atoms with Crippen LogP contribution in [-0.2, 0) is 10.2 Å². The lowest BCUT2D eigenvalue weighted by Gasteiger charge is -2.74. The average molecular weight is 293 g/mol. The number of amides is 1. The highest BCUT2D eigenvalue weighted by Crippen LogP contribution is 2.90. The summed E-state index contributed by atoms with van der Waals surface area (Å²) in [5.41, 5.74) is 9.34. The predicted molar refractivity (Wildman–Crippen MR) is 86.0 cm³/mol. The Bertz CT molecular complexity index is 708. The molecular weight excluding hydrogens is 270 g/mol. The maximum absolute atomic E-state index is 12.3. The van der Waals surface area contributed by atoms with E-state index in [9.17, 15) is 4.79 Å². The first-order valence-electron chi connectivity index (χ1n) is 8.65. The zero-order valence-corrected chi connectivity index (χ0v) is 13.1. The highest BCUT2D eigenvalue weighted by Gasteiger charge is 2.86. The Balaban J connectivity index is 1.67. The number of carbonyl (C=O) groups is 1. The van der Waals surface area contributed by atoms with E-state index < -0.39 is 0 Å². The Labute approximate surface area is 131 Å². The molecule has 2 bridgehead atoms. The summed E-state index contributed by atoms with van der Waals surface area (Å²) in [5.74, 6) is 1.30. The molecule has 1 spiro atoms. The molecule has 2 N–H and O–H groups in total. The first-order chi connectivity index (χ1) is 10.6. The number of carbonyl (C=O) groups excluding carboxylic acids is 1. The van der Waals surface area contributed by atoms with Gasteiger partial charge in [-0.15, -0.1) is 0 Å². The third-order valence-corrected chi connectivity index (χ3v) is 7.65. The number of hydrogen-bond acceptors (Lipinski definition) is 1. The molecule has 0 saturated heterocycles. The van der Waals surface area contributed by atoms with Crippen LogP contribution in [0.2, 0.25) is 0 Å². The van der Waals surface area contributed by atoms with Gasteiger partial charge in [-0.25, -0.2) is 0 Å². The molecule has 5 rings (SSSR count). The molecule has 0 radical (unpaired) electrons. The lowest BCUT2D eigenvalue weighted by molar-refractivity contribution is -0.151. The number of hydrogen-bond donors (Lipinski definition) is 1. The fraction of sp³-hybridized carbons (Fsp3) is 0.550. The van der Waals surface area contributed by atoms with Gasteiger partial charge >= 0.3 is 0 Å². The van der Waals surface area contributed by atoms with E-state index >= 15 is 0 Å². The van der Waals surface area contributed by atoms with Gasteiger partial charge in [-0.05, 0) is 54.9 Å². The maximum atomic E-state index is 12.3. The monoisotopic (exact) mass is 293 g/mol. The first kappa shape index (κ1) is 12.9. The van der Waals surface area contributed by atoms with Gasteiger partial charge in [-0.3, -0.25) is 4.79 Å². The number of allylic oxidation sites excluding steroid dienone is 2. The van der Waals surface area contributed by atoms with Crippen LogP contribution in [0.3, 0.4) is 0 Å². The van der Waals surface area contributed by atoms with Crippen molar-refractivity contribution < 1.29 is 4.79 Å². The molecular formula is C20H23NO. The summed E-state index contributed by atoms with van der Waals surface area (Å²) in [6.07, 6.45) is 7.82. The number of primary amides is 1. The van der Waals surface area contributed by atoms with Gasteiger partial charge in [0.25, 0.3) is 0 Å². The Morgan fingerprint density at radius 2 is 1.95 bits per heavy atom. The highest BCUT2D eigenvalue weighted by molar-refractivity contribution is 5.84. The summed E-state index contributed by atoms with van der Waals surface area (Å²) in [7, 11) is 0. The van der Waals surface area contributed by atoms with Crippen LogP contribution in [0.15, 0.2) is 42.0 Å². The molecule has 0 heterocycles. The molecule has 4 saturated carbocycles. The first-order valence-corrected chi connectivity index (χ1v) is 8.65. The second-order valence-electron chi connectivity index (χ2n) is 8.11. The molecule has 1 aromatic rings. The summed E-state index contributed by atoms with van der Waals surface area (Å²) in [4.78, 5) is 12.3. The van der Waals surface area contributed by atoms with Gasteiger partial charge in [0.1, 0.15) is 0 Å². The molecule has 22 heavy (non-hydrogen) atoms. The van der Waals surface area contributed by atoms with Crippen molar-refractivity contribution in [2.24, 2.45) is 28.4 Å². The van der Waals surface area contributed by atoms with Gasteiger partial charge in [-0.2, -0.15) is 0 Å². The van der Waals surface area contributed by atoms with Crippen LogP contribution < -0.4 is 5.73 Å². The summed E-state index contributed by atoms with van der Waals surface area (Å²) < 4.78 is 0. The van der Waals surface area contributed by atoms with Gasteiger partial charge < -0.3 is 5.73 Å². The van der Waals surface area contributed by atoms with Crippen molar-refractivity contribution in [3.63, 3.8) is 0 Å². The zero-order valence-electron chi connectivity index (χ0n) is 13.1. The molecule has 0 aromatic heterocycles. The second kappa shape index (κ2) is 3.67. The third-order valence-electron chi connectivity index (χ3n) is 7.65. The Morgan fingerprint density at radius 1 is 1.23 bits per heavy atom. The van der Waals surface area contributed by atoms with Crippen molar-refractivity contribution in [1.29, 1.82) is 0 Å². The van der Waals surface area contributed by atoms with Crippen LogP contribution in [0.4, 0.5) is 0 Å². The van der Waals surface area contributed by atoms with Gasteiger partial charge in [-0.1, -0.05) is 48.9 Å². The summed E-state index contributed by atoms with van der Waals surface area (Å²) >= 11 is 0. The molecule has 4 fully saturated rings. The third kappa shape index (κ3) is 1.07. The van der Waals surface area contributed by atoms with E-state index in [1.165, 1.54) is 12.0 Å². The minimum Gasteiger partial charge on any atom is -0.369 e. The molecule has 2 nitrogen and oxygen atoms in total. The lowest BCUT2D eigenvalue weighted by Crippen LogP contribution is -2.70. The number of benzene rings is 1. The van der Waals surface area contributed by atoms with Crippen molar-refractivity contribution >= 4 is 5.91 Å². The average Bonchev–Trinajstić information content (AvgIpc) is 2.98. The van der Waals surface area contributed by atoms with E-state index in [2.05, 4.69) is 43.3 Å². The van der Waals surface area contributed by atoms with E-state index in [4.69, 9.17) is 5.73 Å². The maximum Gasteiger partial charge on any atom is 0.223 e. The molecule has 2 heteroatoms. The molecule has 4 aliphatic rings. The SMILES string of the molecule is CC/C=C1/C2CC3(C(N)=O)CC4(c5ccccc5)CC1C24C3. The van der Waals surface area contributed by atoms with Gasteiger partial charge in [0, 0.05) is 5.41 Å². The van der Waals surface area contributed by atoms with E-state index in [1.807, 2.05) is 0 Å². The van der Waals surface area contributed by atoms with E-state index in [0.717, 1.165) is 31.6 Å². The van der Waals surface area contributed by atoms with Gasteiger partial charge in [0.05, 0.1) is 5.41 Å². The van der Waals surface area contributed by atoms with Crippen molar-refractivity contribution in [2.75, 3.05) is 0 Å². The fourth-order valence-electron chi connectivity index (χ4n) is 7.09. The molecule has 4 aliphatic carbocycles. The van der Waals surface area contributed by atoms with Gasteiger partial charge in [0.2, 0.25) is 5.91 Å². The molecule has 1 amide bonds. The number of fused-ring (bicyclic) bond motifs is 1. The molecule has 114 valence electrons. The normalized spacial score (nSPS) is 48.7. The minimum atomic E-state index is -0.238. The minimum absolute atomic E-state index is 0.0458. The van der Waals surface area contributed by atoms with Crippen LogP contribution in [-0.4, -0.2) is 5.91 Å². The Morgan fingerprint density at radius 3 is 2.64 bits per heavy atom.